The van der Waals surface area contributed by atoms with Crippen LogP contribution < -0.4 is 11.1 Å². The summed E-state index contributed by atoms with van der Waals surface area (Å²) in [6, 6.07) is 11.6. The zero-order valence-electron chi connectivity index (χ0n) is 11.6. The molecule has 0 saturated carbocycles. The molecule has 1 heterocycles. The minimum Gasteiger partial charge on any atom is -0.370 e. The molecule has 1 aliphatic rings. The van der Waals surface area contributed by atoms with Crippen LogP contribution >= 0.6 is 23.2 Å². The maximum atomic E-state index is 14.0. The molecule has 2 atom stereocenters. The lowest BCUT2D eigenvalue weighted by Gasteiger charge is -2.29. The van der Waals surface area contributed by atoms with Gasteiger partial charge in [0.25, 0.3) is 0 Å². The first kappa shape index (κ1) is 15.1. The Morgan fingerprint density at radius 1 is 1.14 bits per heavy atom. The number of hydrogen-bond donors (Lipinski definition) is 2. The normalized spacial score (nSPS) is 21.1. The van der Waals surface area contributed by atoms with Crippen LogP contribution in [0.4, 0.5) is 4.39 Å². The van der Waals surface area contributed by atoms with Gasteiger partial charge in [-0.1, -0.05) is 47.5 Å². The molecule has 2 unspecified atom stereocenters. The average Bonchev–Trinajstić information content (AvgIpc) is 2.50. The molecule has 0 radical (unpaired) electrons. The molecule has 22 heavy (non-hydrogen) atoms. The average molecular weight is 338 g/mol. The van der Waals surface area contributed by atoms with Crippen LogP contribution in [0, 0.1) is 5.82 Å². The van der Waals surface area contributed by atoms with E-state index in [2.05, 4.69) is 10.3 Å². The number of benzene rings is 2. The second-order valence-corrected chi connectivity index (χ2v) is 5.97. The molecular weight excluding hydrogens is 324 g/mol. The third kappa shape index (κ3) is 3.03. The van der Waals surface area contributed by atoms with Crippen molar-refractivity contribution >= 4 is 29.2 Å². The smallest absolute Gasteiger partial charge is 0.189 e. The van der Waals surface area contributed by atoms with Crippen molar-refractivity contribution in [1.29, 1.82) is 0 Å². The van der Waals surface area contributed by atoms with Gasteiger partial charge in [0.2, 0.25) is 0 Å². The van der Waals surface area contributed by atoms with Gasteiger partial charge < -0.3 is 11.1 Å². The second kappa shape index (κ2) is 6.15. The highest BCUT2D eigenvalue weighted by Gasteiger charge is 2.26. The van der Waals surface area contributed by atoms with E-state index in [1.807, 2.05) is 6.07 Å². The van der Waals surface area contributed by atoms with Gasteiger partial charge in [-0.3, -0.25) is 0 Å². The largest absolute Gasteiger partial charge is 0.370 e. The van der Waals surface area contributed by atoms with Crippen molar-refractivity contribution in [3.63, 3.8) is 0 Å². The van der Waals surface area contributed by atoms with E-state index in [1.54, 1.807) is 30.3 Å². The van der Waals surface area contributed by atoms with E-state index in [-0.39, 0.29) is 23.9 Å². The summed E-state index contributed by atoms with van der Waals surface area (Å²) in [6.45, 7) is 0. The predicted octanol–water partition coefficient (Wildman–Crippen LogP) is 4.22. The molecule has 0 fully saturated rings. The predicted molar refractivity (Wildman–Crippen MR) is 87.7 cm³/mol. The lowest BCUT2D eigenvalue weighted by atomic mass is 9.93. The summed E-state index contributed by atoms with van der Waals surface area (Å²) in [7, 11) is 0. The molecule has 0 aliphatic carbocycles. The van der Waals surface area contributed by atoms with Gasteiger partial charge in [0, 0.05) is 5.56 Å². The van der Waals surface area contributed by atoms with Crippen molar-refractivity contribution in [2.45, 2.75) is 18.5 Å². The van der Waals surface area contributed by atoms with Gasteiger partial charge in [-0.25, -0.2) is 9.38 Å². The van der Waals surface area contributed by atoms with Crippen LogP contribution in [-0.2, 0) is 0 Å². The zero-order chi connectivity index (χ0) is 15.7. The summed E-state index contributed by atoms with van der Waals surface area (Å²) < 4.78 is 14.0. The first-order valence-corrected chi connectivity index (χ1v) is 7.59. The summed E-state index contributed by atoms with van der Waals surface area (Å²) in [6.07, 6.45) is 0.583. The van der Waals surface area contributed by atoms with Crippen LogP contribution in [0.25, 0.3) is 0 Å². The van der Waals surface area contributed by atoms with Gasteiger partial charge in [-0.2, -0.15) is 0 Å². The summed E-state index contributed by atoms with van der Waals surface area (Å²) >= 11 is 12.0. The van der Waals surface area contributed by atoms with Gasteiger partial charge in [-0.15, -0.1) is 0 Å². The highest BCUT2D eigenvalue weighted by Crippen LogP contribution is 2.35. The minimum absolute atomic E-state index is 0.194. The molecule has 2 aromatic carbocycles. The van der Waals surface area contributed by atoms with Crippen molar-refractivity contribution in [3.05, 3.63) is 69.5 Å². The molecule has 114 valence electrons. The first-order chi connectivity index (χ1) is 10.5. The Balaban J connectivity index is 1.92. The maximum Gasteiger partial charge on any atom is 0.189 e. The molecule has 0 spiro atoms. The summed E-state index contributed by atoms with van der Waals surface area (Å²) in [4.78, 5) is 4.39. The number of nitrogens with one attached hydrogen (secondary N) is 1. The molecular formula is C16H14Cl2FN3. The minimum atomic E-state index is -0.261. The van der Waals surface area contributed by atoms with Gasteiger partial charge in [0.05, 0.1) is 22.1 Å². The number of aliphatic imine (C=N–C) groups is 1. The van der Waals surface area contributed by atoms with Crippen molar-refractivity contribution in [1.82, 2.24) is 5.32 Å². The van der Waals surface area contributed by atoms with Gasteiger partial charge in [0.15, 0.2) is 5.96 Å². The number of nitrogens with zero attached hydrogens (tertiary/aromatic N) is 1. The fourth-order valence-electron chi connectivity index (χ4n) is 2.61. The molecule has 3 rings (SSSR count). The molecule has 1 aliphatic heterocycles. The Labute approximate surface area is 137 Å². The zero-order valence-corrected chi connectivity index (χ0v) is 13.1. The molecule has 0 amide bonds. The van der Waals surface area contributed by atoms with Crippen LogP contribution in [0.1, 0.15) is 29.6 Å². The third-order valence-corrected chi connectivity index (χ3v) is 4.42. The fourth-order valence-corrected chi connectivity index (χ4v) is 2.92. The van der Waals surface area contributed by atoms with E-state index in [0.717, 1.165) is 5.56 Å². The highest BCUT2D eigenvalue weighted by molar-refractivity contribution is 6.42. The van der Waals surface area contributed by atoms with Gasteiger partial charge in [0.1, 0.15) is 5.82 Å². The van der Waals surface area contributed by atoms with E-state index in [4.69, 9.17) is 28.9 Å². The molecule has 6 heteroatoms. The Hall–Kier alpha value is -1.78. The monoisotopic (exact) mass is 337 g/mol. The summed E-state index contributed by atoms with van der Waals surface area (Å²) in [5.74, 6) is 0.0261. The van der Waals surface area contributed by atoms with Crippen molar-refractivity contribution < 1.29 is 4.39 Å². The lowest BCUT2D eigenvalue weighted by Crippen LogP contribution is -2.39. The maximum absolute atomic E-state index is 14.0. The van der Waals surface area contributed by atoms with Gasteiger partial charge >= 0.3 is 0 Å². The van der Waals surface area contributed by atoms with Crippen molar-refractivity contribution in [3.8, 4) is 0 Å². The quantitative estimate of drug-likeness (QED) is 0.861. The van der Waals surface area contributed by atoms with Gasteiger partial charge in [-0.05, 0) is 30.2 Å². The number of rotatable bonds is 2. The van der Waals surface area contributed by atoms with Crippen LogP contribution in [0.5, 0.6) is 0 Å². The SMILES string of the molecule is NC1=NC(c2ccc(Cl)c(Cl)c2)CC(c2ccccc2F)N1. The van der Waals surface area contributed by atoms with Crippen LogP contribution in [0.2, 0.25) is 10.0 Å². The Bertz CT molecular complexity index is 733. The molecule has 0 aromatic heterocycles. The standard InChI is InChI=1S/C16H14Cl2FN3/c17-11-6-5-9(7-12(11)18)14-8-15(22-16(20)21-14)10-3-1-2-4-13(10)19/h1-7,14-15H,8H2,(H3,20,21,22). The summed E-state index contributed by atoms with van der Waals surface area (Å²) in [5.41, 5.74) is 7.34. The molecule has 0 bridgehead atoms. The third-order valence-electron chi connectivity index (χ3n) is 3.69. The topological polar surface area (TPSA) is 50.4 Å². The highest BCUT2D eigenvalue weighted by atomic mass is 35.5. The number of halogens is 3. The number of hydrogen-bond acceptors (Lipinski definition) is 3. The van der Waals surface area contributed by atoms with E-state index in [0.29, 0.717) is 22.0 Å². The van der Waals surface area contributed by atoms with E-state index in [1.165, 1.54) is 6.07 Å². The number of guanidine groups is 1. The molecule has 0 saturated heterocycles. The lowest BCUT2D eigenvalue weighted by molar-refractivity contribution is 0.466. The van der Waals surface area contributed by atoms with E-state index >= 15 is 0 Å². The Kier molecular flexibility index (Phi) is 4.23. The summed E-state index contributed by atoms with van der Waals surface area (Å²) in [5, 5.41) is 3.98. The van der Waals surface area contributed by atoms with Crippen molar-refractivity contribution in [2.24, 2.45) is 10.7 Å². The fraction of sp³-hybridized carbons (Fsp3) is 0.188. The van der Waals surface area contributed by atoms with Crippen LogP contribution in [0.15, 0.2) is 47.5 Å². The van der Waals surface area contributed by atoms with Crippen molar-refractivity contribution in [2.75, 3.05) is 0 Å². The first-order valence-electron chi connectivity index (χ1n) is 6.84. The van der Waals surface area contributed by atoms with Crippen LogP contribution in [0.3, 0.4) is 0 Å². The second-order valence-electron chi connectivity index (χ2n) is 5.16. The Morgan fingerprint density at radius 2 is 1.91 bits per heavy atom. The number of nitrogens with two attached hydrogens (primary N) is 1. The van der Waals surface area contributed by atoms with E-state index in [9.17, 15) is 4.39 Å². The Morgan fingerprint density at radius 3 is 2.64 bits per heavy atom. The molecule has 3 N–H and O–H groups in total. The van der Waals surface area contributed by atoms with E-state index < -0.39 is 0 Å². The molecule has 2 aromatic rings. The van der Waals surface area contributed by atoms with Crippen LogP contribution in [-0.4, -0.2) is 5.96 Å². The molecule has 3 nitrogen and oxygen atoms in total.